The predicted octanol–water partition coefficient (Wildman–Crippen LogP) is 1.51. The standard InChI is InChI=1S/C27H34F3N7O2/c1-36(12-15-10-21(24(39)23(15)38)37-7-6-18-25(31)32-13-33-26(18)37)17-8-14(9-17)2-5-22-34-19-4-3-16(27(28,29)30)11-20(19)35-22/h4,6-7,11,13-17,21,23-24,38-39H,2-3,5,8-10,12H2,1H3,(H,34,35)(H2,31,32,33)/t14?,15-,16?,17?,21-,23-,24+/m1/s1. The lowest BCUT2D eigenvalue weighted by molar-refractivity contribution is -0.155. The molecule has 3 heterocycles. The first-order valence-corrected chi connectivity index (χ1v) is 13.6. The van der Waals surface area contributed by atoms with Crippen LogP contribution in [0.15, 0.2) is 18.6 Å². The number of hydrogen-bond donors (Lipinski definition) is 4. The number of nitrogens with two attached hydrogens (primary N) is 1. The van der Waals surface area contributed by atoms with E-state index >= 15 is 0 Å². The largest absolute Gasteiger partial charge is 0.395 e. The predicted molar refractivity (Wildman–Crippen MR) is 139 cm³/mol. The minimum Gasteiger partial charge on any atom is -0.390 e. The lowest BCUT2D eigenvalue weighted by Crippen LogP contribution is -2.46. The number of alkyl halides is 3. The van der Waals surface area contributed by atoms with Crippen molar-refractivity contribution in [3.63, 3.8) is 0 Å². The Hall–Kier alpha value is -2.96. The quantitative estimate of drug-likeness (QED) is 0.354. The minimum absolute atomic E-state index is 0.0596. The maximum absolute atomic E-state index is 13.0. The number of aliphatic hydroxyl groups excluding tert-OH is 2. The van der Waals surface area contributed by atoms with Gasteiger partial charge in [0.15, 0.2) is 0 Å². The summed E-state index contributed by atoms with van der Waals surface area (Å²) >= 11 is 0. The summed E-state index contributed by atoms with van der Waals surface area (Å²) in [5.41, 5.74) is 6.61. The number of rotatable bonds is 7. The summed E-state index contributed by atoms with van der Waals surface area (Å²) in [7, 11) is 2.07. The van der Waals surface area contributed by atoms with E-state index in [1.165, 1.54) is 12.4 Å². The highest BCUT2D eigenvalue weighted by molar-refractivity contribution is 5.86. The molecule has 3 aromatic rings. The van der Waals surface area contributed by atoms with Crippen LogP contribution in [0.25, 0.3) is 23.2 Å². The molecule has 5 atom stereocenters. The van der Waals surface area contributed by atoms with Crippen molar-refractivity contribution >= 4 is 29.0 Å². The maximum atomic E-state index is 13.0. The van der Waals surface area contributed by atoms with Gasteiger partial charge in [-0.25, -0.2) is 15.0 Å². The second-order valence-electron chi connectivity index (χ2n) is 11.5. The molecule has 0 spiro atoms. The number of aliphatic hydroxyl groups is 2. The van der Waals surface area contributed by atoms with Crippen LogP contribution in [0.1, 0.15) is 44.0 Å². The molecular weight excluding hydrogens is 511 g/mol. The number of nitrogen functional groups attached to an aromatic ring is 1. The van der Waals surface area contributed by atoms with Gasteiger partial charge in [-0.15, -0.1) is 0 Å². The number of halogens is 3. The molecule has 0 aliphatic heterocycles. The summed E-state index contributed by atoms with van der Waals surface area (Å²) in [6.45, 7) is 0.680. The van der Waals surface area contributed by atoms with Gasteiger partial charge < -0.3 is 30.4 Å². The van der Waals surface area contributed by atoms with Crippen LogP contribution in [0.5, 0.6) is 0 Å². The van der Waals surface area contributed by atoms with Crippen LogP contribution in [-0.2, 0) is 6.42 Å². The van der Waals surface area contributed by atoms with E-state index in [9.17, 15) is 23.4 Å². The Kier molecular flexibility index (Phi) is 6.67. The zero-order chi connectivity index (χ0) is 27.5. The van der Waals surface area contributed by atoms with Gasteiger partial charge in [0.25, 0.3) is 0 Å². The Morgan fingerprint density at radius 2 is 1.97 bits per heavy atom. The summed E-state index contributed by atoms with van der Waals surface area (Å²) in [5.74, 6) is 0.130. The van der Waals surface area contributed by atoms with Gasteiger partial charge in [0.2, 0.25) is 0 Å². The summed E-state index contributed by atoms with van der Waals surface area (Å²) in [5, 5.41) is 23.5. The van der Waals surface area contributed by atoms with Crippen LogP contribution in [0.4, 0.5) is 19.0 Å². The molecule has 5 N–H and O–H groups in total. The number of imidazole rings is 1. The van der Waals surface area contributed by atoms with Crippen molar-refractivity contribution in [1.29, 1.82) is 0 Å². The molecule has 0 radical (unpaired) electrons. The van der Waals surface area contributed by atoms with E-state index in [-0.39, 0.29) is 18.4 Å². The van der Waals surface area contributed by atoms with Crippen LogP contribution < -0.4 is 16.4 Å². The molecule has 0 bridgehead atoms. The number of anilines is 1. The third kappa shape index (κ3) is 4.93. The Morgan fingerprint density at radius 1 is 1.18 bits per heavy atom. The third-order valence-electron chi connectivity index (χ3n) is 8.98. The fraction of sp³-hybridized carbons (Fsp3) is 0.593. The number of H-pyrrole nitrogens is 1. The average molecular weight is 546 g/mol. The fourth-order valence-electron chi connectivity index (χ4n) is 6.56. The minimum atomic E-state index is -4.24. The van der Waals surface area contributed by atoms with Crippen molar-refractivity contribution in [3.05, 3.63) is 35.1 Å². The second kappa shape index (κ2) is 9.90. The zero-order valence-electron chi connectivity index (χ0n) is 21.7. The number of hydrogen-bond acceptors (Lipinski definition) is 7. The van der Waals surface area contributed by atoms with Gasteiger partial charge in [0, 0.05) is 31.1 Å². The molecule has 9 nitrogen and oxygen atoms in total. The van der Waals surface area contributed by atoms with Gasteiger partial charge in [-0.1, -0.05) is 6.08 Å². The lowest BCUT2D eigenvalue weighted by Gasteiger charge is -2.42. The first kappa shape index (κ1) is 26.3. The van der Waals surface area contributed by atoms with E-state index in [2.05, 4.69) is 31.9 Å². The molecule has 2 saturated carbocycles. The van der Waals surface area contributed by atoms with E-state index in [4.69, 9.17) is 5.73 Å². The van der Waals surface area contributed by atoms with Crippen LogP contribution in [-0.4, -0.2) is 77.6 Å². The highest BCUT2D eigenvalue weighted by Gasteiger charge is 2.44. The van der Waals surface area contributed by atoms with Crippen molar-refractivity contribution in [2.45, 2.75) is 69.0 Å². The second-order valence-corrected chi connectivity index (χ2v) is 11.5. The van der Waals surface area contributed by atoms with E-state index in [1.54, 1.807) is 6.08 Å². The summed E-state index contributed by atoms with van der Waals surface area (Å²) in [6, 6.07) is 1.95. The molecular formula is C27H34F3N7O2. The van der Waals surface area contributed by atoms with Crippen LogP contribution in [0.3, 0.4) is 0 Å². The smallest absolute Gasteiger partial charge is 0.390 e. The summed E-state index contributed by atoms with van der Waals surface area (Å²) < 4.78 is 41.0. The number of aromatic nitrogens is 5. The molecule has 1 unspecified atom stereocenters. The molecule has 6 rings (SSSR count). The van der Waals surface area contributed by atoms with E-state index in [1.807, 2.05) is 16.8 Å². The van der Waals surface area contributed by atoms with Crippen molar-refractivity contribution in [3.8, 4) is 0 Å². The van der Waals surface area contributed by atoms with Crippen LogP contribution in [0.2, 0.25) is 0 Å². The van der Waals surface area contributed by atoms with Gasteiger partial charge in [-0.05, 0) is 57.2 Å². The van der Waals surface area contributed by atoms with Gasteiger partial charge in [0.05, 0.1) is 34.1 Å². The SMILES string of the molecule is CN(C[C@H]1C[C@@H](n2ccc3c(N)ncnc32)[C@H](O)[C@@H]1O)C1CC(CCc2nc3c([nH]2)=CC(C(F)(F)F)CC=3)C1. The molecule has 0 aromatic carbocycles. The molecule has 3 aliphatic carbocycles. The molecule has 210 valence electrons. The summed E-state index contributed by atoms with van der Waals surface area (Å²) in [6.07, 6.45) is 4.37. The number of fused-ring (bicyclic) bond motifs is 2. The fourth-order valence-corrected chi connectivity index (χ4v) is 6.56. The van der Waals surface area contributed by atoms with Crippen LogP contribution >= 0.6 is 0 Å². The van der Waals surface area contributed by atoms with Crippen molar-refractivity contribution < 1.29 is 23.4 Å². The van der Waals surface area contributed by atoms with Crippen molar-refractivity contribution in [2.24, 2.45) is 17.8 Å². The summed E-state index contributed by atoms with van der Waals surface area (Å²) in [4.78, 5) is 18.2. The van der Waals surface area contributed by atoms with Crippen LogP contribution in [0, 0.1) is 17.8 Å². The maximum Gasteiger partial charge on any atom is 0.395 e. The van der Waals surface area contributed by atoms with E-state index in [0.29, 0.717) is 53.5 Å². The highest BCUT2D eigenvalue weighted by Crippen LogP contribution is 2.40. The normalized spacial score (nSPS) is 30.7. The topological polar surface area (TPSA) is 129 Å². The van der Waals surface area contributed by atoms with E-state index < -0.39 is 24.3 Å². The zero-order valence-corrected chi connectivity index (χ0v) is 21.7. The molecule has 12 heteroatoms. The molecule has 39 heavy (non-hydrogen) atoms. The van der Waals surface area contributed by atoms with Gasteiger partial charge in [0.1, 0.15) is 29.7 Å². The molecule has 0 saturated heterocycles. The Morgan fingerprint density at radius 3 is 2.74 bits per heavy atom. The van der Waals surface area contributed by atoms with E-state index in [0.717, 1.165) is 30.5 Å². The van der Waals surface area contributed by atoms with Gasteiger partial charge >= 0.3 is 6.18 Å². The highest BCUT2D eigenvalue weighted by atomic mass is 19.4. The first-order chi connectivity index (χ1) is 18.6. The molecule has 0 amide bonds. The van der Waals surface area contributed by atoms with Crippen molar-refractivity contribution in [2.75, 3.05) is 19.3 Å². The molecule has 3 aromatic heterocycles. The number of nitrogens with zero attached hydrogens (tertiary/aromatic N) is 5. The van der Waals surface area contributed by atoms with Gasteiger partial charge in [-0.2, -0.15) is 13.2 Å². The Bertz CT molecular complexity index is 1460. The Balaban J connectivity index is 1.01. The monoisotopic (exact) mass is 545 g/mol. The number of aryl methyl sites for hydroxylation is 1. The number of nitrogens with one attached hydrogen (secondary N) is 1. The van der Waals surface area contributed by atoms with Gasteiger partial charge in [-0.3, -0.25) is 0 Å². The molecule has 2 fully saturated rings. The number of aromatic amines is 1. The first-order valence-electron chi connectivity index (χ1n) is 13.6. The lowest BCUT2D eigenvalue weighted by atomic mass is 9.76. The third-order valence-corrected chi connectivity index (χ3v) is 8.98. The average Bonchev–Trinajstić information content (AvgIpc) is 3.54. The van der Waals surface area contributed by atoms with Crippen molar-refractivity contribution in [1.82, 2.24) is 29.4 Å². The molecule has 3 aliphatic rings. The Labute approximate surface area is 223 Å².